The zero-order valence-corrected chi connectivity index (χ0v) is 31.4. The highest BCUT2D eigenvalue weighted by Crippen LogP contribution is 2.30. The van der Waals surface area contributed by atoms with Crippen LogP contribution < -0.4 is 11.5 Å². The summed E-state index contributed by atoms with van der Waals surface area (Å²) in [5.41, 5.74) is 20.8. The molecule has 51 heavy (non-hydrogen) atoms. The SMILES string of the molecule is CC(C)OC(=O)[C@@H](CCCN)Cc1ncn2c1CCc1ccccc1-2.CC(C)OC(=O)[C@@H](CCCN)Cc1ncn2c1CCc1ccccc1-2.Cl. The largest absolute Gasteiger partial charge is 0.463 e. The number of carbonyl (C=O) groups is 2. The van der Waals surface area contributed by atoms with Gasteiger partial charge < -0.3 is 30.1 Å². The Morgan fingerprint density at radius 2 is 1.06 bits per heavy atom. The van der Waals surface area contributed by atoms with Crippen molar-refractivity contribution < 1.29 is 19.1 Å². The van der Waals surface area contributed by atoms with Gasteiger partial charge in [-0.1, -0.05) is 36.4 Å². The van der Waals surface area contributed by atoms with E-state index in [1.807, 2.05) is 40.3 Å². The third kappa shape index (κ3) is 10.1. The van der Waals surface area contributed by atoms with Crippen molar-refractivity contribution in [3.8, 4) is 11.4 Å². The van der Waals surface area contributed by atoms with Gasteiger partial charge in [0.25, 0.3) is 0 Å². The third-order valence-corrected chi connectivity index (χ3v) is 9.43. The van der Waals surface area contributed by atoms with Crippen LogP contribution in [0.5, 0.6) is 0 Å². The number of para-hydroxylation sites is 2. The fourth-order valence-electron chi connectivity index (χ4n) is 6.99. The van der Waals surface area contributed by atoms with Gasteiger partial charge in [-0.2, -0.15) is 0 Å². The summed E-state index contributed by atoms with van der Waals surface area (Å²) in [5, 5.41) is 0. The Hall–Kier alpha value is -3.99. The smallest absolute Gasteiger partial charge is 0.309 e. The highest BCUT2D eigenvalue weighted by atomic mass is 35.5. The van der Waals surface area contributed by atoms with Gasteiger partial charge >= 0.3 is 11.9 Å². The summed E-state index contributed by atoms with van der Waals surface area (Å²) in [5.74, 6) is -0.631. The molecule has 10 nitrogen and oxygen atoms in total. The lowest BCUT2D eigenvalue weighted by Crippen LogP contribution is -2.25. The summed E-state index contributed by atoms with van der Waals surface area (Å²) < 4.78 is 15.2. The summed E-state index contributed by atoms with van der Waals surface area (Å²) in [7, 11) is 0. The number of fused-ring (bicyclic) bond motifs is 6. The minimum absolute atomic E-state index is 0. The minimum Gasteiger partial charge on any atom is -0.463 e. The summed E-state index contributed by atoms with van der Waals surface area (Å²) in [6.45, 7) is 8.70. The van der Waals surface area contributed by atoms with Crippen LogP contribution in [0.4, 0.5) is 0 Å². The second kappa shape index (κ2) is 19.0. The van der Waals surface area contributed by atoms with E-state index in [0.29, 0.717) is 25.9 Å². The van der Waals surface area contributed by atoms with Crippen LogP contribution in [0.25, 0.3) is 11.4 Å². The second-order valence-electron chi connectivity index (χ2n) is 13.9. The van der Waals surface area contributed by atoms with Crippen LogP contribution in [0.1, 0.15) is 87.3 Å². The van der Waals surface area contributed by atoms with Gasteiger partial charge in [-0.3, -0.25) is 9.59 Å². The molecule has 0 radical (unpaired) electrons. The van der Waals surface area contributed by atoms with Crippen LogP contribution >= 0.6 is 12.4 Å². The van der Waals surface area contributed by atoms with Crippen LogP contribution in [0.3, 0.4) is 0 Å². The van der Waals surface area contributed by atoms with Crippen LogP contribution in [-0.2, 0) is 57.6 Å². The second-order valence-corrected chi connectivity index (χ2v) is 13.9. The molecule has 2 aliphatic rings. The number of ether oxygens (including phenoxy) is 2. The third-order valence-electron chi connectivity index (χ3n) is 9.43. The van der Waals surface area contributed by atoms with Crippen molar-refractivity contribution in [2.75, 3.05) is 13.1 Å². The normalized spacial score (nSPS) is 13.8. The molecule has 0 spiro atoms. The first-order valence-electron chi connectivity index (χ1n) is 18.3. The molecule has 2 atom stereocenters. The lowest BCUT2D eigenvalue weighted by molar-refractivity contribution is -0.153. The number of hydrogen-bond donors (Lipinski definition) is 2. The Morgan fingerprint density at radius 1 is 0.667 bits per heavy atom. The molecule has 0 saturated carbocycles. The molecule has 2 aliphatic heterocycles. The molecule has 4 aromatic rings. The van der Waals surface area contributed by atoms with E-state index in [-0.39, 0.29) is 48.4 Å². The quantitative estimate of drug-likeness (QED) is 0.150. The van der Waals surface area contributed by atoms with E-state index >= 15 is 0 Å². The van der Waals surface area contributed by atoms with Gasteiger partial charge in [-0.05, 0) is 115 Å². The van der Waals surface area contributed by atoms with Gasteiger partial charge in [0.2, 0.25) is 0 Å². The number of imidazole rings is 2. The van der Waals surface area contributed by atoms with E-state index in [2.05, 4.69) is 67.6 Å². The van der Waals surface area contributed by atoms with Gasteiger partial charge in [0.05, 0.1) is 48.1 Å². The lowest BCUT2D eigenvalue weighted by Gasteiger charge is -2.21. The Morgan fingerprint density at radius 3 is 1.43 bits per heavy atom. The Balaban J connectivity index is 0.000000224. The molecule has 0 unspecified atom stereocenters. The predicted octanol–water partition coefficient (Wildman–Crippen LogP) is 6.06. The molecule has 0 fully saturated rings. The van der Waals surface area contributed by atoms with E-state index in [4.69, 9.17) is 20.9 Å². The average molecular weight is 719 g/mol. The van der Waals surface area contributed by atoms with Crippen LogP contribution in [0.15, 0.2) is 61.2 Å². The van der Waals surface area contributed by atoms with Crippen molar-refractivity contribution in [3.05, 3.63) is 95.1 Å². The van der Waals surface area contributed by atoms with Crippen molar-refractivity contribution in [1.29, 1.82) is 0 Å². The van der Waals surface area contributed by atoms with E-state index in [0.717, 1.165) is 62.8 Å². The number of benzene rings is 2. The average Bonchev–Trinajstić information content (AvgIpc) is 3.72. The minimum atomic E-state index is -0.178. The molecule has 6 rings (SSSR count). The molecule has 4 heterocycles. The number of halogens is 1. The number of carbonyl (C=O) groups excluding carboxylic acids is 2. The number of hydrogen-bond acceptors (Lipinski definition) is 8. The highest BCUT2D eigenvalue weighted by Gasteiger charge is 2.28. The van der Waals surface area contributed by atoms with Crippen LogP contribution in [0.2, 0.25) is 0 Å². The summed E-state index contributed by atoms with van der Waals surface area (Å²) in [6.07, 6.45) is 11.9. The first-order valence-corrected chi connectivity index (χ1v) is 18.3. The molecular formula is C40H55ClN6O4. The number of esters is 2. The Kier molecular flexibility index (Phi) is 14.8. The number of nitrogens with two attached hydrogens (primary N) is 2. The molecule has 0 saturated heterocycles. The molecule has 11 heteroatoms. The lowest BCUT2D eigenvalue weighted by atomic mass is 9.94. The van der Waals surface area contributed by atoms with Crippen molar-refractivity contribution in [1.82, 2.24) is 19.1 Å². The van der Waals surface area contributed by atoms with E-state index in [1.165, 1.54) is 33.9 Å². The summed E-state index contributed by atoms with van der Waals surface area (Å²) >= 11 is 0. The highest BCUT2D eigenvalue weighted by molar-refractivity contribution is 5.85. The molecule has 2 aromatic carbocycles. The van der Waals surface area contributed by atoms with Gasteiger partial charge in [0, 0.05) is 35.6 Å². The van der Waals surface area contributed by atoms with Crippen molar-refractivity contribution in [2.45, 2.75) is 104 Å². The van der Waals surface area contributed by atoms with E-state index in [9.17, 15) is 9.59 Å². The number of aromatic nitrogens is 4. The van der Waals surface area contributed by atoms with Crippen molar-refractivity contribution in [3.63, 3.8) is 0 Å². The molecule has 4 N–H and O–H groups in total. The summed E-state index contributed by atoms with van der Waals surface area (Å²) in [4.78, 5) is 34.2. The number of rotatable bonds is 14. The fourth-order valence-corrected chi connectivity index (χ4v) is 6.99. The predicted molar refractivity (Wildman–Crippen MR) is 203 cm³/mol. The van der Waals surface area contributed by atoms with Crippen molar-refractivity contribution >= 4 is 24.3 Å². The van der Waals surface area contributed by atoms with Gasteiger partial charge in [-0.15, -0.1) is 12.4 Å². The first-order chi connectivity index (χ1) is 24.2. The zero-order chi connectivity index (χ0) is 35.6. The maximum atomic E-state index is 12.5. The van der Waals surface area contributed by atoms with Gasteiger partial charge in [0.15, 0.2) is 0 Å². The maximum Gasteiger partial charge on any atom is 0.309 e. The van der Waals surface area contributed by atoms with Gasteiger partial charge in [0.1, 0.15) is 0 Å². The van der Waals surface area contributed by atoms with Crippen LogP contribution in [-0.4, -0.2) is 56.3 Å². The summed E-state index contributed by atoms with van der Waals surface area (Å²) in [6, 6.07) is 16.9. The molecule has 2 aromatic heterocycles. The van der Waals surface area contributed by atoms with E-state index in [1.54, 1.807) is 0 Å². The topological polar surface area (TPSA) is 140 Å². The van der Waals surface area contributed by atoms with Crippen LogP contribution in [0, 0.1) is 11.8 Å². The number of nitrogens with zero attached hydrogens (tertiary/aromatic N) is 4. The van der Waals surface area contributed by atoms with Crippen molar-refractivity contribution in [2.24, 2.45) is 23.3 Å². The van der Waals surface area contributed by atoms with E-state index < -0.39 is 0 Å². The molecule has 0 amide bonds. The Bertz CT molecular complexity index is 1610. The maximum absolute atomic E-state index is 12.5. The standard InChI is InChI=1S/2C20H27N3O2.ClH/c2*1-14(2)25-20(24)16(7-5-11-21)12-17-19-10-9-15-6-3-4-8-18(15)23(19)13-22-17;/h2*3-4,6,8,13-14,16H,5,7,9-12,21H2,1-2H3;1H/t2*16-;/m00./s1. The van der Waals surface area contributed by atoms with Gasteiger partial charge in [-0.25, -0.2) is 9.97 Å². The first kappa shape index (κ1) is 39.8. The molecule has 0 aliphatic carbocycles. The number of aryl methyl sites for hydroxylation is 2. The molecule has 276 valence electrons. The molecule has 0 bridgehead atoms. The monoisotopic (exact) mass is 718 g/mol. The molecular weight excluding hydrogens is 664 g/mol. The zero-order valence-electron chi connectivity index (χ0n) is 30.6. The Labute approximate surface area is 308 Å². The fraction of sp³-hybridized carbons (Fsp3) is 0.500.